The van der Waals surface area contributed by atoms with E-state index in [0.717, 1.165) is 12.0 Å². The van der Waals surface area contributed by atoms with Crippen molar-refractivity contribution < 1.29 is 27.4 Å². The Bertz CT molecular complexity index is 1220. The first-order valence-electron chi connectivity index (χ1n) is 13.1. The molecule has 2 aliphatic rings. The summed E-state index contributed by atoms with van der Waals surface area (Å²) in [6, 6.07) is 12.0. The number of benzene rings is 2. The Balaban J connectivity index is 1.52. The molecule has 2 aromatic rings. The van der Waals surface area contributed by atoms with Crippen molar-refractivity contribution in [2.24, 2.45) is 5.92 Å². The normalized spacial score (nSPS) is 19.8. The second-order valence-electron chi connectivity index (χ2n) is 10.4. The van der Waals surface area contributed by atoms with Crippen LogP contribution in [0.2, 0.25) is 0 Å². The van der Waals surface area contributed by atoms with Gasteiger partial charge in [0.1, 0.15) is 5.75 Å². The van der Waals surface area contributed by atoms with E-state index in [4.69, 9.17) is 14.2 Å². The van der Waals surface area contributed by atoms with E-state index in [0.29, 0.717) is 62.1 Å². The van der Waals surface area contributed by atoms with Gasteiger partial charge in [0.15, 0.2) is 11.5 Å². The Morgan fingerprint density at radius 3 is 2.21 bits per heavy atom. The zero-order chi connectivity index (χ0) is 27.5. The number of carbonyl (C=O) groups excluding carboxylic acids is 1. The minimum atomic E-state index is -3.65. The van der Waals surface area contributed by atoms with Crippen molar-refractivity contribution in [1.82, 2.24) is 14.5 Å². The van der Waals surface area contributed by atoms with Gasteiger partial charge >= 0.3 is 0 Å². The zero-order valence-corrected chi connectivity index (χ0v) is 23.7. The van der Waals surface area contributed by atoms with Gasteiger partial charge in [-0.1, -0.05) is 19.9 Å². The van der Waals surface area contributed by atoms with Crippen LogP contribution in [0.4, 0.5) is 0 Å². The Hall–Kier alpha value is -2.82. The maximum Gasteiger partial charge on any atom is 0.243 e. The first-order valence-corrected chi connectivity index (χ1v) is 14.5. The molecule has 0 aliphatic carbocycles. The van der Waals surface area contributed by atoms with E-state index in [9.17, 15) is 13.2 Å². The molecule has 9 nitrogen and oxygen atoms in total. The zero-order valence-electron chi connectivity index (χ0n) is 22.9. The van der Waals surface area contributed by atoms with E-state index in [1.165, 1.54) is 4.31 Å². The minimum absolute atomic E-state index is 0.0886. The molecule has 2 aromatic carbocycles. The third-order valence-electron chi connectivity index (χ3n) is 7.55. The molecule has 38 heavy (non-hydrogen) atoms. The molecule has 1 unspecified atom stereocenters. The van der Waals surface area contributed by atoms with Crippen LogP contribution in [0.25, 0.3) is 0 Å². The van der Waals surface area contributed by atoms with E-state index in [1.807, 2.05) is 23.1 Å². The summed E-state index contributed by atoms with van der Waals surface area (Å²) in [5.41, 5.74) is 0.469. The highest BCUT2D eigenvalue weighted by atomic mass is 32.2. The third kappa shape index (κ3) is 5.62. The summed E-state index contributed by atoms with van der Waals surface area (Å²) in [5, 5.41) is 3.64. The van der Waals surface area contributed by atoms with E-state index in [2.05, 4.69) is 19.2 Å². The van der Waals surface area contributed by atoms with E-state index < -0.39 is 15.7 Å². The summed E-state index contributed by atoms with van der Waals surface area (Å²) in [4.78, 5) is 15.8. The number of methoxy groups -OCH3 is 3. The molecule has 2 heterocycles. The largest absolute Gasteiger partial charge is 0.497 e. The standard InChI is InChI=1S/C28H39N3O6S/c1-20(2)18-24-27(32)31(15-12-21-6-11-25(36-4)26(19-21)37-5)28(29-24)13-16-30(17-14-28)38(33,34)23-9-7-22(35-3)8-10-23/h6-11,19-20,24,29H,12-18H2,1-5H3. The van der Waals surface area contributed by atoms with Crippen LogP contribution >= 0.6 is 0 Å². The van der Waals surface area contributed by atoms with Gasteiger partial charge < -0.3 is 19.1 Å². The van der Waals surface area contributed by atoms with Crippen LogP contribution in [0.5, 0.6) is 17.2 Å². The topological polar surface area (TPSA) is 97.4 Å². The Morgan fingerprint density at radius 1 is 0.974 bits per heavy atom. The predicted molar refractivity (Wildman–Crippen MR) is 145 cm³/mol. The molecule has 0 saturated carbocycles. The van der Waals surface area contributed by atoms with E-state index in [1.54, 1.807) is 45.6 Å². The van der Waals surface area contributed by atoms with Gasteiger partial charge in [0.05, 0.1) is 37.9 Å². The molecule has 0 radical (unpaired) electrons. The first kappa shape index (κ1) is 28.2. The van der Waals surface area contributed by atoms with Crippen LogP contribution in [-0.4, -0.2) is 76.2 Å². The highest BCUT2D eigenvalue weighted by Crippen LogP contribution is 2.36. The Kier molecular flexibility index (Phi) is 8.54. The first-order chi connectivity index (χ1) is 18.1. The molecule has 1 spiro atoms. The summed E-state index contributed by atoms with van der Waals surface area (Å²) in [5.74, 6) is 2.37. The lowest BCUT2D eigenvalue weighted by Gasteiger charge is -2.44. The average Bonchev–Trinajstić information content (AvgIpc) is 3.16. The van der Waals surface area contributed by atoms with Crippen molar-refractivity contribution in [3.05, 3.63) is 48.0 Å². The summed E-state index contributed by atoms with van der Waals surface area (Å²) in [6.07, 6.45) is 2.43. The molecular weight excluding hydrogens is 506 g/mol. The van der Waals surface area contributed by atoms with Gasteiger partial charge in [-0.3, -0.25) is 10.1 Å². The fraction of sp³-hybridized carbons (Fsp3) is 0.536. The fourth-order valence-electron chi connectivity index (χ4n) is 5.50. The lowest BCUT2D eigenvalue weighted by molar-refractivity contribution is -0.133. The van der Waals surface area contributed by atoms with Crippen LogP contribution in [-0.2, 0) is 21.2 Å². The monoisotopic (exact) mass is 545 g/mol. The third-order valence-corrected chi connectivity index (χ3v) is 9.46. The molecule has 2 aliphatic heterocycles. The fourth-order valence-corrected chi connectivity index (χ4v) is 6.94. The number of nitrogens with one attached hydrogen (secondary N) is 1. The molecule has 10 heteroatoms. The van der Waals surface area contributed by atoms with Crippen molar-refractivity contribution in [3.8, 4) is 17.2 Å². The maximum absolute atomic E-state index is 13.6. The van der Waals surface area contributed by atoms with Gasteiger partial charge in [-0.25, -0.2) is 8.42 Å². The second kappa shape index (κ2) is 11.5. The van der Waals surface area contributed by atoms with Gasteiger partial charge in [0, 0.05) is 19.6 Å². The minimum Gasteiger partial charge on any atom is -0.497 e. The van der Waals surface area contributed by atoms with Crippen molar-refractivity contribution in [2.45, 2.75) is 56.1 Å². The number of carbonyl (C=O) groups is 1. The Labute approximate surface area is 226 Å². The van der Waals surface area contributed by atoms with E-state index in [-0.39, 0.29) is 16.8 Å². The molecule has 2 saturated heterocycles. The Morgan fingerprint density at radius 2 is 1.63 bits per heavy atom. The smallest absolute Gasteiger partial charge is 0.243 e. The summed E-state index contributed by atoms with van der Waals surface area (Å²) < 4.78 is 44.1. The van der Waals surface area contributed by atoms with Crippen molar-refractivity contribution in [3.63, 3.8) is 0 Å². The number of ether oxygens (including phenoxy) is 3. The van der Waals surface area contributed by atoms with Crippen LogP contribution in [0.3, 0.4) is 0 Å². The lowest BCUT2D eigenvalue weighted by atomic mass is 9.96. The maximum atomic E-state index is 13.6. The number of sulfonamides is 1. The van der Waals surface area contributed by atoms with Gasteiger partial charge in [-0.15, -0.1) is 0 Å². The molecule has 0 bridgehead atoms. The molecule has 4 rings (SSSR count). The van der Waals surface area contributed by atoms with Gasteiger partial charge in [0.2, 0.25) is 15.9 Å². The molecule has 0 aromatic heterocycles. The molecule has 1 N–H and O–H groups in total. The quantitative estimate of drug-likeness (QED) is 0.489. The van der Waals surface area contributed by atoms with Gasteiger partial charge in [-0.2, -0.15) is 4.31 Å². The lowest BCUT2D eigenvalue weighted by Crippen LogP contribution is -2.59. The number of nitrogens with zero attached hydrogens (tertiary/aromatic N) is 2. The predicted octanol–water partition coefficient (Wildman–Crippen LogP) is 3.28. The molecule has 208 valence electrons. The highest BCUT2D eigenvalue weighted by Gasteiger charge is 2.52. The van der Waals surface area contributed by atoms with Crippen molar-refractivity contribution in [1.29, 1.82) is 0 Å². The van der Waals surface area contributed by atoms with Crippen LogP contribution in [0, 0.1) is 5.92 Å². The van der Waals surface area contributed by atoms with Crippen molar-refractivity contribution in [2.75, 3.05) is 41.0 Å². The number of piperidine rings is 1. The van der Waals surface area contributed by atoms with Gasteiger partial charge in [0.25, 0.3) is 0 Å². The highest BCUT2D eigenvalue weighted by molar-refractivity contribution is 7.89. The van der Waals surface area contributed by atoms with Crippen LogP contribution < -0.4 is 19.5 Å². The molecule has 2 fully saturated rings. The number of rotatable bonds is 10. The molecular formula is C28H39N3O6S. The number of amides is 1. The summed E-state index contributed by atoms with van der Waals surface area (Å²) in [7, 11) is 1.11. The van der Waals surface area contributed by atoms with Crippen LogP contribution in [0.1, 0.15) is 38.7 Å². The van der Waals surface area contributed by atoms with Crippen molar-refractivity contribution >= 4 is 15.9 Å². The number of hydrogen-bond donors (Lipinski definition) is 1. The van der Waals surface area contributed by atoms with E-state index >= 15 is 0 Å². The van der Waals surface area contributed by atoms with Crippen LogP contribution in [0.15, 0.2) is 47.4 Å². The molecule has 1 amide bonds. The SMILES string of the molecule is COc1ccc(S(=O)(=O)N2CCC3(CC2)NC(CC(C)C)C(=O)N3CCc2ccc(OC)c(OC)c2)cc1. The van der Waals surface area contributed by atoms with Gasteiger partial charge in [-0.05, 0) is 73.6 Å². The number of hydrogen-bond acceptors (Lipinski definition) is 7. The average molecular weight is 546 g/mol. The second-order valence-corrected chi connectivity index (χ2v) is 12.3. The summed E-state index contributed by atoms with van der Waals surface area (Å²) >= 11 is 0. The molecule has 1 atom stereocenters. The summed E-state index contributed by atoms with van der Waals surface area (Å²) in [6.45, 7) is 5.41.